The summed E-state index contributed by atoms with van der Waals surface area (Å²) in [4.78, 5) is 16.0. The quantitative estimate of drug-likeness (QED) is 0.854. The van der Waals surface area contributed by atoms with Crippen molar-refractivity contribution in [3.05, 3.63) is 34.7 Å². The summed E-state index contributed by atoms with van der Waals surface area (Å²) in [6.07, 6.45) is 4.07. The molecule has 2 aromatic heterocycles. The zero-order valence-corrected chi connectivity index (χ0v) is 12.3. The number of esters is 1. The summed E-state index contributed by atoms with van der Waals surface area (Å²) < 4.78 is 7.83. The largest absolute Gasteiger partial charge is 0.466 e. The molecular weight excluding hydrogens is 310 g/mol. The van der Waals surface area contributed by atoms with Gasteiger partial charge in [-0.2, -0.15) is 0 Å². The highest BCUT2D eigenvalue weighted by atomic mass is 79.9. The van der Waals surface area contributed by atoms with Crippen LogP contribution in [0.25, 0.3) is 5.65 Å². The monoisotopic (exact) mass is 325 g/mol. The van der Waals surface area contributed by atoms with E-state index in [-0.39, 0.29) is 18.3 Å². The second kappa shape index (κ2) is 6.16. The van der Waals surface area contributed by atoms with Gasteiger partial charge in [-0.3, -0.25) is 4.79 Å². The fourth-order valence-corrected chi connectivity index (χ4v) is 2.23. The average molecular weight is 326 g/mol. The summed E-state index contributed by atoms with van der Waals surface area (Å²) in [6, 6.07) is 3.85. The van der Waals surface area contributed by atoms with Gasteiger partial charge in [0.25, 0.3) is 0 Å². The average Bonchev–Trinajstić information content (AvgIpc) is 2.78. The smallest absolute Gasteiger partial charge is 0.306 e. The van der Waals surface area contributed by atoms with Gasteiger partial charge in [0.15, 0.2) is 0 Å². The predicted molar refractivity (Wildman–Crippen MR) is 75.9 cm³/mol. The summed E-state index contributed by atoms with van der Waals surface area (Å²) in [5.41, 5.74) is 7.37. The maximum atomic E-state index is 11.5. The number of carbonyl (C=O) groups excluding carboxylic acids is 1. The number of fused-ring (bicyclic) bond motifs is 1. The van der Waals surface area contributed by atoms with Crippen LogP contribution in [0.5, 0.6) is 0 Å². The van der Waals surface area contributed by atoms with Crippen molar-refractivity contribution in [2.75, 3.05) is 13.2 Å². The van der Waals surface area contributed by atoms with E-state index in [9.17, 15) is 4.79 Å². The lowest BCUT2D eigenvalue weighted by Crippen LogP contribution is -2.18. The molecule has 0 aliphatic carbocycles. The van der Waals surface area contributed by atoms with Crippen molar-refractivity contribution in [1.82, 2.24) is 9.38 Å². The Morgan fingerprint density at radius 1 is 1.63 bits per heavy atom. The molecule has 2 N–H and O–H groups in total. The molecule has 2 rings (SSSR count). The second-order valence-electron chi connectivity index (χ2n) is 4.22. The molecule has 1 unspecified atom stereocenters. The normalized spacial score (nSPS) is 12.6. The van der Waals surface area contributed by atoms with Crippen LogP contribution >= 0.6 is 15.9 Å². The Kier molecular flexibility index (Phi) is 4.55. The Hall–Kier alpha value is -1.40. The zero-order valence-electron chi connectivity index (χ0n) is 10.7. The van der Waals surface area contributed by atoms with Gasteiger partial charge in [-0.1, -0.05) is 15.9 Å². The molecule has 1 atom stereocenters. The lowest BCUT2D eigenvalue weighted by molar-refractivity contribution is -0.143. The van der Waals surface area contributed by atoms with E-state index in [0.717, 1.165) is 15.8 Å². The number of imidazole rings is 1. The maximum absolute atomic E-state index is 11.5. The molecule has 102 valence electrons. The third kappa shape index (κ3) is 3.33. The van der Waals surface area contributed by atoms with Gasteiger partial charge in [-0.15, -0.1) is 0 Å². The standard InChI is InChI=1S/C13H16BrN3O2/c1-2-19-13(18)5-9(7-15)11-8-17-4-3-10(14)6-12(17)16-11/h3-4,6,8-9H,2,5,7,15H2,1H3. The first-order valence-electron chi connectivity index (χ1n) is 6.14. The summed E-state index contributed by atoms with van der Waals surface area (Å²) in [5.74, 6) is -0.353. The number of nitrogens with zero attached hydrogens (tertiary/aromatic N) is 2. The number of aromatic nitrogens is 2. The minimum Gasteiger partial charge on any atom is -0.466 e. The lowest BCUT2D eigenvalue weighted by Gasteiger charge is -2.10. The molecule has 5 nitrogen and oxygen atoms in total. The molecule has 0 saturated carbocycles. The highest BCUT2D eigenvalue weighted by molar-refractivity contribution is 9.10. The molecule has 0 aromatic carbocycles. The zero-order chi connectivity index (χ0) is 13.8. The van der Waals surface area contributed by atoms with E-state index in [1.165, 1.54) is 0 Å². The Labute approximate surface area is 119 Å². The fourth-order valence-electron chi connectivity index (χ4n) is 1.90. The van der Waals surface area contributed by atoms with Crippen molar-refractivity contribution in [2.24, 2.45) is 5.73 Å². The van der Waals surface area contributed by atoms with Gasteiger partial charge in [0.1, 0.15) is 5.65 Å². The van der Waals surface area contributed by atoms with Crippen molar-refractivity contribution in [3.8, 4) is 0 Å². The molecular formula is C13H16BrN3O2. The number of hydrogen-bond acceptors (Lipinski definition) is 4. The molecule has 0 spiro atoms. The molecule has 0 aliphatic rings. The minimum absolute atomic E-state index is 0.113. The number of hydrogen-bond donors (Lipinski definition) is 1. The Morgan fingerprint density at radius 3 is 3.11 bits per heavy atom. The highest BCUT2D eigenvalue weighted by Crippen LogP contribution is 2.20. The SMILES string of the molecule is CCOC(=O)CC(CN)c1cn2ccc(Br)cc2n1. The van der Waals surface area contributed by atoms with Crippen LogP contribution in [0.2, 0.25) is 0 Å². The fraction of sp³-hybridized carbons (Fsp3) is 0.385. The molecule has 0 saturated heterocycles. The van der Waals surface area contributed by atoms with Gasteiger partial charge in [0, 0.05) is 29.3 Å². The molecule has 2 aromatic rings. The van der Waals surface area contributed by atoms with Gasteiger partial charge < -0.3 is 14.9 Å². The van der Waals surface area contributed by atoms with Crippen LogP contribution in [0.3, 0.4) is 0 Å². The molecule has 0 fully saturated rings. The van der Waals surface area contributed by atoms with Crippen LogP contribution in [-0.2, 0) is 9.53 Å². The van der Waals surface area contributed by atoms with Crippen molar-refractivity contribution < 1.29 is 9.53 Å². The van der Waals surface area contributed by atoms with Gasteiger partial charge in [-0.05, 0) is 19.1 Å². The predicted octanol–water partition coefficient (Wildman–Crippen LogP) is 2.09. The van der Waals surface area contributed by atoms with Crippen LogP contribution in [-0.4, -0.2) is 28.5 Å². The van der Waals surface area contributed by atoms with Gasteiger partial charge in [-0.25, -0.2) is 4.98 Å². The number of nitrogens with two attached hydrogens (primary N) is 1. The number of ether oxygens (including phenoxy) is 1. The van der Waals surface area contributed by atoms with Gasteiger partial charge in [0.05, 0.1) is 18.7 Å². The van der Waals surface area contributed by atoms with Crippen LogP contribution in [0.1, 0.15) is 25.0 Å². The first-order valence-corrected chi connectivity index (χ1v) is 6.93. The highest BCUT2D eigenvalue weighted by Gasteiger charge is 2.18. The molecule has 0 amide bonds. The van der Waals surface area contributed by atoms with Crippen molar-refractivity contribution in [3.63, 3.8) is 0 Å². The lowest BCUT2D eigenvalue weighted by atomic mass is 10.0. The van der Waals surface area contributed by atoms with E-state index in [2.05, 4.69) is 20.9 Å². The minimum atomic E-state index is -0.240. The van der Waals surface area contributed by atoms with Crippen LogP contribution < -0.4 is 5.73 Å². The molecule has 0 aliphatic heterocycles. The Bertz CT molecular complexity index is 582. The van der Waals surface area contributed by atoms with Crippen LogP contribution in [0, 0.1) is 0 Å². The van der Waals surface area contributed by atoms with Crippen molar-refractivity contribution in [1.29, 1.82) is 0 Å². The van der Waals surface area contributed by atoms with E-state index >= 15 is 0 Å². The van der Waals surface area contributed by atoms with Gasteiger partial charge >= 0.3 is 5.97 Å². The summed E-state index contributed by atoms with van der Waals surface area (Å²) in [5, 5.41) is 0. The van der Waals surface area contributed by atoms with E-state index < -0.39 is 0 Å². The molecule has 0 radical (unpaired) electrons. The van der Waals surface area contributed by atoms with Crippen LogP contribution in [0.15, 0.2) is 29.0 Å². The van der Waals surface area contributed by atoms with Crippen LogP contribution in [0.4, 0.5) is 0 Å². The molecule has 0 bridgehead atoms. The number of pyridine rings is 1. The van der Waals surface area contributed by atoms with E-state index in [1.807, 2.05) is 28.9 Å². The molecule has 19 heavy (non-hydrogen) atoms. The molecule has 2 heterocycles. The summed E-state index contributed by atoms with van der Waals surface area (Å²) >= 11 is 3.40. The number of rotatable bonds is 5. The summed E-state index contributed by atoms with van der Waals surface area (Å²) in [7, 11) is 0. The van der Waals surface area contributed by atoms with E-state index in [0.29, 0.717) is 13.2 Å². The Balaban J connectivity index is 2.22. The number of halogens is 1. The topological polar surface area (TPSA) is 69.6 Å². The van der Waals surface area contributed by atoms with Gasteiger partial charge in [0.2, 0.25) is 0 Å². The Morgan fingerprint density at radius 2 is 2.42 bits per heavy atom. The van der Waals surface area contributed by atoms with E-state index in [1.54, 1.807) is 6.92 Å². The van der Waals surface area contributed by atoms with Crippen molar-refractivity contribution >= 4 is 27.5 Å². The summed E-state index contributed by atoms with van der Waals surface area (Å²) in [6.45, 7) is 2.54. The molecule has 6 heteroatoms. The third-order valence-electron chi connectivity index (χ3n) is 2.86. The number of carbonyl (C=O) groups is 1. The maximum Gasteiger partial charge on any atom is 0.306 e. The first-order chi connectivity index (χ1) is 9.13. The van der Waals surface area contributed by atoms with Crippen molar-refractivity contribution in [2.45, 2.75) is 19.3 Å². The second-order valence-corrected chi connectivity index (χ2v) is 5.13. The first kappa shape index (κ1) is 14.0. The third-order valence-corrected chi connectivity index (χ3v) is 3.36. The van der Waals surface area contributed by atoms with E-state index in [4.69, 9.17) is 10.5 Å².